The van der Waals surface area contributed by atoms with Gasteiger partial charge in [-0.05, 0) is 19.4 Å². The maximum atomic E-state index is 5.35. The van der Waals surface area contributed by atoms with Gasteiger partial charge in [0.1, 0.15) is 0 Å². The molecule has 0 aromatic carbocycles. The van der Waals surface area contributed by atoms with Gasteiger partial charge in [-0.25, -0.2) is 0 Å². The van der Waals surface area contributed by atoms with Crippen LogP contribution in [0, 0.1) is 0 Å². The van der Waals surface area contributed by atoms with Gasteiger partial charge >= 0.3 is 0 Å². The second kappa shape index (κ2) is 6.68. The molecule has 1 fully saturated rings. The standard InChI is InChI=1S/C11H19N3O3/c1-15-7-8-16-6-4-10-13-11(17-14-10)9-3-2-5-12-9/h9,12H,2-8H2,1H3/t9-/m1/s1. The van der Waals surface area contributed by atoms with Crippen molar-refractivity contribution in [2.24, 2.45) is 0 Å². The molecule has 0 radical (unpaired) electrons. The van der Waals surface area contributed by atoms with Gasteiger partial charge in [-0.15, -0.1) is 0 Å². The highest BCUT2D eigenvalue weighted by Gasteiger charge is 2.21. The maximum Gasteiger partial charge on any atom is 0.243 e. The fraction of sp³-hybridized carbons (Fsp3) is 0.818. The summed E-state index contributed by atoms with van der Waals surface area (Å²) in [4.78, 5) is 4.36. The number of nitrogens with zero attached hydrogens (tertiary/aromatic N) is 2. The predicted molar refractivity (Wildman–Crippen MR) is 60.7 cm³/mol. The molecule has 0 aliphatic carbocycles. The highest BCUT2D eigenvalue weighted by Crippen LogP contribution is 2.20. The Morgan fingerprint density at radius 2 is 2.35 bits per heavy atom. The van der Waals surface area contributed by atoms with E-state index in [2.05, 4.69) is 15.5 Å². The molecule has 0 amide bonds. The molecule has 1 saturated heterocycles. The van der Waals surface area contributed by atoms with Gasteiger partial charge in [-0.2, -0.15) is 4.98 Å². The molecule has 1 atom stereocenters. The number of hydrogen-bond donors (Lipinski definition) is 1. The number of nitrogens with one attached hydrogen (secondary N) is 1. The summed E-state index contributed by atoms with van der Waals surface area (Å²) in [5, 5.41) is 7.27. The molecule has 1 aliphatic heterocycles. The first-order valence-electron chi connectivity index (χ1n) is 6.02. The Balaban J connectivity index is 1.70. The molecule has 1 aliphatic rings. The topological polar surface area (TPSA) is 69.4 Å². The number of hydrogen-bond acceptors (Lipinski definition) is 6. The molecule has 1 aromatic heterocycles. The van der Waals surface area contributed by atoms with Crippen LogP contribution >= 0.6 is 0 Å². The molecule has 17 heavy (non-hydrogen) atoms. The highest BCUT2D eigenvalue weighted by atomic mass is 16.5. The van der Waals surface area contributed by atoms with E-state index in [0.29, 0.717) is 38.0 Å². The Labute approximate surface area is 101 Å². The monoisotopic (exact) mass is 241 g/mol. The fourth-order valence-corrected chi connectivity index (χ4v) is 1.81. The van der Waals surface area contributed by atoms with Crippen LogP contribution in [-0.2, 0) is 15.9 Å². The molecule has 0 unspecified atom stereocenters. The summed E-state index contributed by atoms with van der Waals surface area (Å²) in [5.41, 5.74) is 0. The molecule has 2 rings (SSSR count). The molecular formula is C11H19N3O3. The lowest BCUT2D eigenvalue weighted by Crippen LogP contribution is -2.13. The number of methoxy groups -OCH3 is 1. The summed E-state index contributed by atoms with van der Waals surface area (Å²) in [6, 6.07) is 0.241. The Morgan fingerprint density at radius 3 is 3.12 bits per heavy atom. The smallest absolute Gasteiger partial charge is 0.243 e. The molecule has 6 nitrogen and oxygen atoms in total. The van der Waals surface area contributed by atoms with Crippen molar-refractivity contribution in [3.05, 3.63) is 11.7 Å². The van der Waals surface area contributed by atoms with Crippen molar-refractivity contribution in [3.8, 4) is 0 Å². The average Bonchev–Trinajstić information content (AvgIpc) is 2.99. The minimum atomic E-state index is 0.241. The van der Waals surface area contributed by atoms with E-state index in [4.69, 9.17) is 14.0 Å². The first-order chi connectivity index (χ1) is 8.40. The summed E-state index contributed by atoms with van der Waals surface area (Å²) in [6.45, 7) is 2.85. The normalized spacial score (nSPS) is 19.9. The largest absolute Gasteiger partial charge is 0.382 e. The van der Waals surface area contributed by atoms with E-state index in [1.165, 1.54) is 6.42 Å². The summed E-state index contributed by atoms with van der Waals surface area (Å²) in [5.74, 6) is 1.42. The summed E-state index contributed by atoms with van der Waals surface area (Å²) < 4.78 is 15.5. The third-order valence-corrected chi connectivity index (χ3v) is 2.74. The Kier molecular flexibility index (Phi) is 4.90. The first kappa shape index (κ1) is 12.5. The summed E-state index contributed by atoms with van der Waals surface area (Å²) >= 11 is 0. The van der Waals surface area contributed by atoms with Crippen molar-refractivity contribution in [3.63, 3.8) is 0 Å². The predicted octanol–water partition coefficient (Wildman–Crippen LogP) is 0.700. The third-order valence-electron chi connectivity index (χ3n) is 2.74. The quantitative estimate of drug-likeness (QED) is 0.709. The van der Waals surface area contributed by atoms with Crippen molar-refractivity contribution < 1.29 is 14.0 Å². The Hall–Kier alpha value is -0.980. The van der Waals surface area contributed by atoms with Crippen LogP contribution in [-0.4, -0.2) is 43.6 Å². The SMILES string of the molecule is COCCOCCc1noc([C@H]2CCCN2)n1. The van der Waals surface area contributed by atoms with Gasteiger partial charge in [-0.1, -0.05) is 5.16 Å². The van der Waals surface area contributed by atoms with Crippen LogP contribution in [0.25, 0.3) is 0 Å². The van der Waals surface area contributed by atoms with Crippen LogP contribution in [0.3, 0.4) is 0 Å². The van der Waals surface area contributed by atoms with Crippen LogP contribution in [0.5, 0.6) is 0 Å². The molecule has 6 heteroatoms. The molecule has 0 spiro atoms. The molecule has 1 N–H and O–H groups in total. The van der Waals surface area contributed by atoms with Crippen molar-refractivity contribution in [2.75, 3.05) is 33.5 Å². The van der Waals surface area contributed by atoms with Crippen molar-refractivity contribution in [2.45, 2.75) is 25.3 Å². The third kappa shape index (κ3) is 3.76. The van der Waals surface area contributed by atoms with Crippen LogP contribution in [0.4, 0.5) is 0 Å². The van der Waals surface area contributed by atoms with E-state index >= 15 is 0 Å². The lowest BCUT2D eigenvalue weighted by molar-refractivity contribution is 0.0714. The van der Waals surface area contributed by atoms with Crippen LogP contribution in [0.15, 0.2) is 4.52 Å². The molecule has 0 bridgehead atoms. The molecule has 96 valence electrons. The number of ether oxygens (including phenoxy) is 2. The van der Waals surface area contributed by atoms with Gasteiger partial charge in [0.15, 0.2) is 5.82 Å². The second-order valence-electron chi connectivity index (χ2n) is 4.05. The Morgan fingerprint density at radius 1 is 1.41 bits per heavy atom. The van der Waals surface area contributed by atoms with Crippen molar-refractivity contribution >= 4 is 0 Å². The fourth-order valence-electron chi connectivity index (χ4n) is 1.81. The van der Waals surface area contributed by atoms with E-state index in [0.717, 1.165) is 13.0 Å². The van der Waals surface area contributed by atoms with E-state index in [1.807, 2.05) is 0 Å². The van der Waals surface area contributed by atoms with Crippen LogP contribution < -0.4 is 5.32 Å². The van der Waals surface area contributed by atoms with Crippen LogP contribution in [0.1, 0.15) is 30.6 Å². The lowest BCUT2D eigenvalue weighted by Gasteiger charge is -2.01. The minimum Gasteiger partial charge on any atom is -0.382 e. The average molecular weight is 241 g/mol. The van der Waals surface area contributed by atoms with Gasteiger partial charge in [0.2, 0.25) is 5.89 Å². The molecular weight excluding hydrogens is 222 g/mol. The van der Waals surface area contributed by atoms with Gasteiger partial charge in [0.05, 0.1) is 25.9 Å². The van der Waals surface area contributed by atoms with Gasteiger partial charge in [-0.3, -0.25) is 0 Å². The Bertz CT molecular complexity index is 324. The zero-order valence-corrected chi connectivity index (χ0v) is 10.1. The minimum absolute atomic E-state index is 0.241. The van der Waals surface area contributed by atoms with E-state index in [-0.39, 0.29) is 6.04 Å². The second-order valence-corrected chi connectivity index (χ2v) is 4.05. The number of rotatable bonds is 7. The maximum absolute atomic E-state index is 5.35. The van der Waals surface area contributed by atoms with E-state index in [9.17, 15) is 0 Å². The number of aromatic nitrogens is 2. The molecule has 0 saturated carbocycles. The van der Waals surface area contributed by atoms with E-state index in [1.54, 1.807) is 7.11 Å². The van der Waals surface area contributed by atoms with E-state index < -0.39 is 0 Å². The zero-order chi connectivity index (χ0) is 11.9. The summed E-state index contributed by atoms with van der Waals surface area (Å²) in [7, 11) is 1.66. The van der Waals surface area contributed by atoms with Gasteiger partial charge < -0.3 is 19.3 Å². The van der Waals surface area contributed by atoms with Gasteiger partial charge in [0.25, 0.3) is 0 Å². The first-order valence-corrected chi connectivity index (χ1v) is 6.02. The van der Waals surface area contributed by atoms with Crippen molar-refractivity contribution in [1.29, 1.82) is 0 Å². The highest BCUT2D eigenvalue weighted by molar-refractivity contribution is 4.95. The summed E-state index contributed by atoms with van der Waals surface area (Å²) in [6.07, 6.45) is 2.93. The van der Waals surface area contributed by atoms with Crippen LogP contribution in [0.2, 0.25) is 0 Å². The zero-order valence-electron chi connectivity index (χ0n) is 10.1. The molecule has 2 heterocycles. The lowest BCUT2D eigenvalue weighted by atomic mass is 10.2. The van der Waals surface area contributed by atoms with Gasteiger partial charge in [0, 0.05) is 13.5 Å². The van der Waals surface area contributed by atoms with Crippen molar-refractivity contribution in [1.82, 2.24) is 15.5 Å². The molecule has 1 aromatic rings.